The van der Waals surface area contributed by atoms with Crippen LogP contribution in [-0.4, -0.2) is 8.42 Å². The van der Waals surface area contributed by atoms with Gasteiger partial charge in [-0.1, -0.05) is 59.6 Å². The third-order valence-electron chi connectivity index (χ3n) is 2.71. The van der Waals surface area contributed by atoms with E-state index in [1.54, 1.807) is 18.2 Å². The topological polar surface area (TPSA) is 46.2 Å². The van der Waals surface area contributed by atoms with Crippen molar-refractivity contribution in [2.45, 2.75) is 6.54 Å². The highest BCUT2D eigenvalue weighted by molar-refractivity contribution is 7.92. The van der Waals surface area contributed by atoms with Crippen LogP contribution in [0.3, 0.4) is 0 Å². The van der Waals surface area contributed by atoms with E-state index >= 15 is 0 Å². The predicted molar refractivity (Wildman–Crippen MR) is 87.7 cm³/mol. The van der Waals surface area contributed by atoms with Crippen LogP contribution in [0.15, 0.2) is 53.9 Å². The largest absolute Gasteiger partial charge is 0.234 e. The molecular weight excluding hydrogens is 329 g/mol. The Bertz CT molecular complexity index is 744. The van der Waals surface area contributed by atoms with Crippen LogP contribution in [0.1, 0.15) is 11.1 Å². The maximum Gasteiger partial charge on any atom is 0.234 e. The van der Waals surface area contributed by atoms with Crippen LogP contribution in [-0.2, 0) is 16.6 Å². The molecule has 0 unspecified atom stereocenters. The standard InChI is InChI=1S/C15H13Cl2NO2S/c16-14-7-6-13(15(17)10-14)8-9-21(19,20)18-11-12-4-2-1-3-5-12/h1-10,18H,11H2/b9-8+. The van der Waals surface area contributed by atoms with Crippen molar-refractivity contribution in [2.75, 3.05) is 0 Å². The van der Waals surface area contributed by atoms with Gasteiger partial charge in [0.15, 0.2) is 0 Å². The maximum atomic E-state index is 11.9. The van der Waals surface area contributed by atoms with E-state index in [-0.39, 0.29) is 6.54 Å². The lowest BCUT2D eigenvalue weighted by Crippen LogP contribution is -2.20. The van der Waals surface area contributed by atoms with E-state index in [9.17, 15) is 8.42 Å². The summed E-state index contributed by atoms with van der Waals surface area (Å²) in [5, 5.41) is 1.99. The molecule has 0 bridgehead atoms. The summed E-state index contributed by atoms with van der Waals surface area (Å²) in [4.78, 5) is 0. The Balaban J connectivity index is 2.05. The van der Waals surface area contributed by atoms with Crippen molar-refractivity contribution in [3.63, 3.8) is 0 Å². The maximum absolute atomic E-state index is 11.9. The van der Waals surface area contributed by atoms with Gasteiger partial charge in [-0.15, -0.1) is 0 Å². The molecule has 0 aromatic heterocycles. The number of rotatable bonds is 5. The highest BCUT2D eigenvalue weighted by atomic mass is 35.5. The van der Waals surface area contributed by atoms with Crippen molar-refractivity contribution in [1.29, 1.82) is 0 Å². The molecule has 1 N–H and O–H groups in total. The van der Waals surface area contributed by atoms with Crippen LogP contribution in [0, 0.1) is 0 Å². The molecule has 2 rings (SSSR count). The SMILES string of the molecule is O=S(=O)(/C=C/c1ccc(Cl)cc1Cl)NCc1ccccc1. The molecule has 0 heterocycles. The minimum absolute atomic E-state index is 0.238. The zero-order valence-corrected chi connectivity index (χ0v) is 13.3. The summed E-state index contributed by atoms with van der Waals surface area (Å²) in [5.74, 6) is 0. The number of nitrogens with one attached hydrogen (secondary N) is 1. The van der Waals surface area contributed by atoms with Gasteiger partial charge in [-0.05, 0) is 29.3 Å². The van der Waals surface area contributed by atoms with Crippen molar-refractivity contribution < 1.29 is 8.42 Å². The van der Waals surface area contributed by atoms with Crippen LogP contribution in [0.5, 0.6) is 0 Å². The predicted octanol–water partition coefficient (Wildman–Crippen LogP) is 4.08. The molecule has 0 aliphatic carbocycles. The zero-order chi connectivity index (χ0) is 15.3. The summed E-state index contributed by atoms with van der Waals surface area (Å²) in [6.45, 7) is 0.238. The summed E-state index contributed by atoms with van der Waals surface area (Å²) in [7, 11) is -3.53. The lowest BCUT2D eigenvalue weighted by molar-refractivity contribution is 0.591. The average molecular weight is 342 g/mol. The van der Waals surface area contributed by atoms with Gasteiger partial charge in [-0.2, -0.15) is 0 Å². The second-order valence-corrected chi connectivity index (χ2v) is 6.81. The number of halogens is 2. The molecule has 110 valence electrons. The summed E-state index contributed by atoms with van der Waals surface area (Å²) in [5.41, 5.74) is 1.48. The van der Waals surface area contributed by atoms with Gasteiger partial charge < -0.3 is 0 Å². The summed E-state index contributed by atoms with van der Waals surface area (Å²) in [6.07, 6.45) is 1.44. The van der Waals surface area contributed by atoms with Crippen LogP contribution >= 0.6 is 23.2 Å². The van der Waals surface area contributed by atoms with Gasteiger partial charge in [-0.25, -0.2) is 13.1 Å². The zero-order valence-electron chi connectivity index (χ0n) is 11.0. The van der Waals surface area contributed by atoms with Gasteiger partial charge in [0.2, 0.25) is 10.0 Å². The average Bonchev–Trinajstić information content (AvgIpc) is 2.45. The van der Waals surface area contributed by atoms with Gasteiger partial charge in [-0.3, -0.25) is 0 Å². The van der Waals surface area contributed by atoms with E-state index in [1.165, 1.54) is 6.08 Å². The molecule has 0 fully saturated rings. The highest BCUT2D eigenvalue weighted by Crippen LogP contribution is 2.22. The van der Waals surface area contributed by atoms with Gasteiger partial charge in [0, 0.05) is 22.0 Å². The Morgan fingerprint density at radius 1 is 1.05 bits per heavy atom. The van der Waals surface area contributed by atoms with E-state index in [0.29, 0.717) is 15.6 Å². The summed E-state index contributed by atoms with van der Waals surface area (Å²) < 4.78 is 26.3. The Labute approximate surface area is 134 Å². The van der Waals surface area contributed by atoms with Crippen LogP contribution in [0.4, 0.5) is 0 Å². The minimum Gasteiger partial charge on any atom is -0.208 e. The van der Waals surface area contributed by atoms with Gasteiger partial charge in [0.05, 0.1) is 0 Å². The number of sulfonamides is 1. The van der Waals surface area contributed by atoms with Crippen LogP contribution in [0.25, 0.3) is 6.08 Å². The molecule has 0 aliphatic rings. The van der Waals surface area contributed by atoms with Crippen molar-refractivity contribution >= 4 is 39.3 Å². The monoisotopic (exact) mass is 341 g/mol. The van der Waals surface area contributed by atoms with Gasteiger partial charge >= 0.3 is 0 Å². The number of benzene rings is 2. The fourth-order valence-electron chi connectivity index (χ4n) is 1.63. The molecule has 0 amide bonds. The van der Waals surface area contributed by atoms with E-state index in [4.69, 9.17) is 23.2 Å². The molecule has 2 aromatic rings. The lowest BCUT2D eigenvalue weighted by atomic mass is 10.2. The second kappa shape index (κ2) is 7.09. The fraction of sp³-hybridized carbons (Fsp3) is 0.0667. The first kappa shape index (κ1) is 16.0. The van der Waals surface area contributed by atoms with Crippen molar-refractivity contribution in [3.05, 3.63) is 75.1 Å². The molecule has 21 heavy (non-hydrogen) atoms. The van der Waals surface area contributed by atoms with Crippen LogP contribution in [0.2, 0.25) is 10.0 Å². The molecule has 0 radical (unpaired) electrons. The molecule has 6 heteroatoms. The van der Waals surface area contributed by atoms with Gasteiger partial charge in [0.25, 0.3) is 0 Å². The third kappa shape index (κ3) is 5.17. The molecule has 0 aliphatic heterocycles. The van der Waals surface area contributed by atoms with E-state index in [1.807, 2.05) is 30.3 Å². The molecule has 0 saturated heterocycles. The molecule has 0 spiro atoms. The Kier molecular flexibility index (Phi) is 5.42. The quantitative estimate of drug-likeness (QED) is 0.890. The minimum atomic E-state index is -3.53. The summed E-state index contributed by atoms with van der Waals surface area (Å²) >= 11 is 11.8. The number of hydrogen-bond acceptors (Lipinski definition) is 2. The highest BCUT2D eigenvalue weighted by Gasteiger charge is 2.05. The normalized spacial score (nSPS) is 11.9. The van der Waals surface area contributed by atoms with Gasteiger partial charge in [0.1, 0.15) is 0 Å². The first-order valence-corrected chi connectivity index (χ1v) is 8.43. The number of hydrogen-bond donors (Lipinski definition) is 1. The Morgan fingerprint density at radius 3 is 2.43 bits per heavy atom. The fourth-order valence-corrected chi connectivity index (χ4v) is 2.89. The lowest BCUT2D eigenvalue weighted by Gasteiger charge is -2.03. The first-order valence-electron chi connectivity index (χ1n) is 6.13. The van der Waals surface area contributed by atoms with E-state index in [0.717, 1.165) is 11.0 Å². The molecule has 2 aromatic carbocycles. The van der Waals surface area contributed by atoms with E-state index in [2.05, 4.69) is 4.72 Å². The van der Waals surface area contributed by atoms with Crippen LogP contribution < -0.4 is 4.72 Å². The second-order valence-electron chi connectivity index (χ2n) is 4.32. The van der Waals surface area contributed by atoms with Crippen molar-refractivity contribution in [1.82, 2.24) is 4.72 Å². The van der Waals surface area contributed by atoms with E-state index < -0.39 is 10.0 Å². The van der Waals surface area contributed by atoms with Crippen molar-refractivity contribution in [3.8, 4) is 0 Å². The smallest absolute Gasteiger partial charge is 0.208 e. The Hall–Kier alpha value is -1.33. The molecule has 3 nitrogen and oxygen atoms in total. The Morgan fingerprint density at radius 2 is 1.76 bits per heavy atom. The van der Waals surface area contributed by atoms with Crippen molar-refractivity contribution in [2.24, 2.45) is 0 Å². The first-order chi connectivity index (χ1) is 9.96. The summed E-state index contributed by atoms with van der Waals surface area (Å²) in [6, 6.07) is 14.2. The molecule has 0 atom stereocenters. The molecular formula is C15H13Cl2NO2S. The third-order valence-corrected chi connectivity index (χ3v) is 4.31. The molecule has 0 saturated carbocycles.